The topological polar surface area (TPSA) is 58.1 Å². The highest BCUT2D eigenvalue weighted by Gasteiger charge is 2.43. The lowest BCUT2D eigenvalue weighted by Crippen LogP contribution is -2.44. The Morgan fingerprint density at radius 1 is 1.33 bits per heavy atom. The van der Waals surface area contributed by atoms with E-state index in [4.69, 9.17) is 16.6 Å². The van der Waals surface area contributed by atoms with E-state index in [9.17, 15) is 9.18 Å². The van der Waals surface area contributed by atoms with E-state index >= 15 is 0 Å². The summed E-state index contributed by atoms with van der Waals surface area (Å²) in [7, 11) is 0. The molecule has 1 aromatic carbocycles. The molecular formula is C20H22ClFN4O. The van der Waals surface area contributed by atoms with Gasteiger partial charge in [-0.15, -0.1) is 0 Å². The summed E-state index contributed by atoms with van der Waals surface area (Å²) in [6.07, 6.45) is 4.41. The second kappa shape index (κ2) is 6.44. The molecule has 27 heavy (non-hydrogen) atoms. The highest BCUT2D eigenvalue weighted by molar-refractivity contribution is 6.30. The average molecular weight is 389 g/mol. The minimum absolute atomic E-state index is 0.0340. The Bertz CT molecular complexity index is 911. The first kappa shape index (κ1) is 18.2. The Balaban J connectivity index is 1.59. The summed E-state index contributed by atoms with van der Waals surface area (Å²) < 4.78 is 13.7. The summed E-state index contributed by atoms with van der Waals surface area (Å²) in [5.74, 6) is 0.278. The molecule has 2 aliphatic rings. The number of rotatable bonds is 1. The van der Waals surface area contributed by atoms with Gasteiger partial charge in [-0.05, 0) is 31.0 Å². The molecule has 2 aliphatic heterocycles. The van der Waals surface area contributed by atoms with Gasteiger partial charge < -0.3 is 10.2 Å². The predicted molar refractivity (Wildman–Crippen MR) is 102 cm³/mol. The van der Waals surface area contributed by atoms with Gasteiger partial charge in [0.15, 0.2) is 0 Å². The van der Waals surface area contributed by atoms with Crippen LogP contribution in [0.3, 0.4) is 0 Å². The van der Waals surface area contributed by atoms with E-state index in [0.717, 1.165) is 36.3 Å². The molecule has 142 valence electrons. The number of anilines is 1. The number of hydrogen-bond acceptors (Lipinski definition) is 3. The molecule has 1 N–H and O–H groups in total. The molecule has 0 radical (unpaired) electrons. The van der Waals surface area contributed by atoms with Crippen LogP contribution in [0.2, 0.25) is 5.02 Å². The normalized spacial score (nSPS) is 21.1. The van der Waals surface area contributed by atoms with Crippen LogP contribution in [0, 0.1) is 5.82 Å². The number of halogens is 2. The standard InChI is InChI=1S/C20H22ClFN4O/c1-20(2,3)18-23-10-13-16(25-18)9-12-5-7-17(13)26(12)19(27)24-11-4-6-14(21)15(22)8-11/h4,6,8,10,12,17H,5,7,9H2,1-3H3,(H,24,27). The van der Waals surface area contributed by atoms with Crippen LogP contribution in [-0.2, 0) is 11.8 Å². The van der Waals surface area contributed by atoms with E-state index < -0.39 is 5.82 Å². The Morgan fingerprint density at radius 3 is 2.81 bits per heavy atom. The molecule has 7 heteroatoms. The zero-order valence-electron chi connectivity index (χ0n) is 15.6. The number of carbonyl (C=O) groups excluding carboxylic acids is 1. The van der Waals surface area contributed by atoms with Gasteiger partial charge in [0.05, 0.1) is 16.8 Å². The molecule has 3 heterocycles. The number of urea groups is 1. The fourth-order valence-electron chi connectivity index (χ4n) is 3.91. The summed E-state index contributed by atoms with van der Waals surface area (Å²) in [6.45, 7) is 6.28. The molecule has 1 fully saturated rings. The maximum Gasteiger partial charge on any atom is 0.322 e. The van der Waals surface area contributed by atoms with E-state index in [1.807, 2.05) is 11.1 Å². The molecule has 0 aliphatic carbocycles. The van der Waals surface area contributed by atoms with Gasteiger partial charge in [-0.3, -0.25) is 0 Å². The van der Waals surface area contributed by atoms with Gasteiger partial charge >= 0.3 is 6.03 Å². The third-order valence-electron chi connectivity index (χ3n) is 5.27. The number of hydrogen-bond donors (Lipinski definition) is 1. The smallest absolute Gasteiger partial charge is 0.314 e. The van der Waals surface area contributed by atoms with Gasteiger partial charge in [-0.25, -0.2) is 19.2 Å². The van der Waals surface area contributed by atoms with Crippen LogP contribution in [0.1, 0.15) is 56.7 Å². The van der Waals surface area contributed by atoms with Crippen molar-refractivity contribution < 1.29 is 9.18 Å². The van der Waals surface area contributed by atoms with Crippen LogP contribution in [0.4, 0.5) is 14.9 Å². The molecule has 0 spiro atoms. The lowest BCUT2D eigenvalue weighted by molar-refractivity contribution is 0.178. The van der Waals surface area contributed by atoms with Crippen molar-refractivity contribution in [2.45, 2.75) is 57.5 Å². The van der Waals surface area contributed by atoms with Crippen LogP contribution < -0.4 is 5.32 Å². The molecule has 1 saturated heterocycles. The van der Waals surface area contributed by atoms with Crippen LogP contribution in [0.5, 0.6) is 0 Å². The summed E-state index contributed by atoms with van der Waals surface area (Å²) >= 11 is 5.71. The third kappa shape index (κ3) is 3.27. The molecule has 0 saturated carbocycles. The fraction of sp³-hybridized carbons (Fsp3) is 0.450. The summed E-state index contributed by atoms with van der Waals surface area (Å²) in [5, 5.41) is 2.83. The van der Waals surface area contributed by atoms with Crippen molar-refractivity contribution in [2.24, 2.45) is 0 Å². The molecule has 5 nitrogen and oxygen atoms in total. The Kier molecular flexibility index (Phi) is 4.34. The van der Waals surface area contributed by atoms with E-state index in [1.165, 1.54) is 12.1 Å². The number of carbonyl (C=O) groups is 1. The van der Waals surface area contributed by atoms with Crippen LogP contribution in [-0.4, -0.2) is 26.9 Å². The monoisotopic (exact) mass is 388 g/mol. The number of aromatic nitrogens is 2. The van der Waals surface area contributed by atoms with Crippen molar-refractivity contribution in [3.63, 3.8) is 0 Å². The van der Waals surface area contributed by atoms with Gasteiger partial charge in [-0.1, -0.05) is 32.4 Å². The first-order chi connectivity index (χ1) is 12.7. The quantitative estimate of drug-likeness (QED) is 0.758. The van der Waals surface area contributed by atoms with E-state index in [2.05, 4.69) is 31.1 Å². The number of amides is 2. The number of nitrogens with one attached hydrogen (secondary N) is 1. The zero-order chi connectivity index (χ0) is 19.3. The minimum Gasteiger partial charge on any atom is -0.314 e. The van der Waals surface area contributed by atoms with E-state index in [1.54, 1.807) is 6.07 Å². The number of benzene rings is 1. The molecule has 2 bridgehead atoms. The molecule has 2 unspecified atom stereocenters. The van der Waals surface area contributed by atoms with E-state index in [-0.39, 0.29) is 28.6 Å². The summed E-state index contributed by atoms with van der Waals surface area (Å²) in [4.78, 5) is 24.1. The Labute approximate surface area is 163 Å². The van der Waals surface area contributed by atoms with Gasteiger partial charge in [0.25, 0.3) is 0 Å². The fourth-order valence-corrected chi connectivity index (χ4v) is 4.03. The summed E-state index contributed by atoms with van der Waals surface area (Å²) in [6, 6.07) is 4.11. The minimum atomic E-state index is -0.551. The van der Waals surface area contributed by atoms with Gasteiger partial charge in [-0.2, -0.15) is 0 Å². The Morgan fingerprint density at radius 2 is 2.11 bits per heavy atom. The molecule has 4 rings (SSSR count). The van der Waals surface area contributed by atoms with Crippen molar-refractivity contribution in [3.8, 4) is 0 Å². The van der Waals surface area contributed by atoms with E-state index in [0.29, 0.717) is 5.69 Å². The average Bonchev–Trinajstić information content (AvgIpc) is 2.92. The highest BCUT2D eigenvalue weighted by Crippen LogP contribution is 2.43. The van der Waals surface area contributed by atoms with Crippen molar-refractivity contribution in [1.29, 1.82) is 0 Å². The maximum atomic E-state index is 13.7. The third-order valence-corrected chi connectivity index (χ3v) is 5.57. The second-order valence-corrected chi connectivity index (χ2v) is 8.67. The van der Waals surface area contributed by atoms with Crippen LogP contribution in [0.25, 0.3) is 0 Å². The number of fused-ring (bicyclic) bond motifs is 4. The number of nitrogens with zero attached hydrogens (tertiary/aromatic N) is 3. The molecule has 1 aromatic heterocycles. The van der Waals surface area contributed by atoms with Gasteiger partial charge in [0, 0.05) is 35.3 Å². The highest BCUT2D eigenvalue weighted by atomic mass is 35.5. The van der Waals surface area contributed by atoms with Gasteiger partial charge in [0.1, 0.15) is 11.6 Å². The molecule has 2 atom stereocenters. The Hall–Kier alpha value is -2.21. The molecule has 2 amide bonds. The van der Waals surface area contributed by atoms with Crippen molar-refractivity contribution in [1.82, 2.24) is 14.9 Å². The molecular weight excluding hydrogens is 367 g/mol. The lowest BCUT2D eigenvalue weighted by Gasteiger charge is -2.36. The first-order valence-corrected chi connectivity index (χ1v) is 9.52. The van der Waals surface area contributed by atoms with Gasteiger partial charge in [0.2, 0.25) is 0 Å². The molecule has 2 aromatic rings. The predicted octanol–water partition coefficient (Wildman–Crippen LogP) is 4.86. The van der Waals surface area contributed by atoms with Crippen LogP contribution >= 0.6 is 11.6 Å². The maximum absolute atomic E-state index is 13.7. The zero-order valence-corrected chi connectivity index (χ0v) is 16.3. The lowest BCUT2D eigenvalue weighted by atomic mass is 9.93. The SMILES string of the molecule is CC(C)(C)c1ncc2c(n1)CC1CCC2N1C(=O)Nc1ccc(Cl)c(F)c1. The largest absolute Gasteiger partial charge is 0.322 e. The second-order valence-electron chi connectivity index (χ2n) is 8.26. The van der Waals surface area contributed by atoms with Crippen molar-refractivity contribution >= 4 is 23.3 Å². The summed E-state index contributed by atoms with van der Waals surface area (Å²) in [5.41, 5.74) is 2.35. The van der Waals surface area contributed by atoms with Crippen molar-refractivity contribution in [3.05, 3.63) is 52.3 Å². The van der Waals surface area contributed by atoms with Crippen LogP contribution in [0.15, 0.2) is 24.4 Å². The van der Waals surface area contributed by atoms with Crippen molar-refractivity contribution in [2.75, 3.05) is 5.32 Å². The first-order valence-electron chi connectivity index (χ1n) is 9.14.